The van der Waals surface area contributed by atoms with Crippen LogP contribution in [0.3, 0.4) is 0 Å². The Balaban J connectivity index is 1.10. The summed E-state index contributed by atoms with van der Waals surface area (Å²) in [6, 6.07) is 27.9. The Hall–Kier alpha value is -5.54. The number of hydrogen-bond acceptors (Lipinski definition) is 7. The highest BCUT2D eigenvalue weighted by Crippen LogP contribution is 2.64. The van der Waals surface area contributed by atoms with Crippen molar-refractivity contribution in [3.63, 3.8) is 0 Å². The third kappa shape index (κ3) is 4.22. The molecule has 9 rings (SSSR count). The van der Waals surface area contributed by atoms with Gasteiger partial charge in [0.15, 0.2) is 5.58 Å². The number of nitrogens with zero attached hydrogens (tertiary/aromatic N) is 3. The number of halogens is 1. The molecule has 248 valence electrons. The molecule has 4 aromatic carbocycles. The molecule has 2 aliphatic heterocycles. The first kappa shape index (κ1) is 30.5. The van der Waals surface area contributed by atoms with Gasteiger partial charge in [-0.3, -0.25) is 24.1 Å². The summed E-state index contributed by atoms with van der Waals surface area (Å²) in [6.07, 6.45) is 2.51. The van der Waals surface area contributed by atoms with Crippen molar-refractivity contribution < 1.29 is 28.7 Å². The third-order valence-corrected chi connectivity index (χ3v) is 11.6. The standard InChI is InChI=1S/C40H30ClN3O6/c1-40-29(37(47)44(39(40)49)22-7-3-2-4-8-22)20-28-25(34(40)26-16-15-24(45)19-30(26)41)17-18-27-33(28)38(48)43(36(27)46)23-13-11-21(12-14-23)35-42-31-9-5-6-10-32(31)50-35/h2-17,19,27-29,33-34,45H,18,20H2,1H3. The van der Waals surface area contributed by atoms with Crippen molar-refractivity contribution in [3.8, 4) is 17.2 Å². The van der Waals surface area contributed by atoms with Gasteiger partial charge in [-0.2, -0.15) is 0 Å². The summed E-state index contributed by atoms with van der Waals surface area (Å²) < 4.78 is 5.91. The van der Waals surface area contributed by atoms with Crippen LogP contribution >= 0.6 is 11.6 Å². The maximum atomic E-state index is 14.5. The first-order chi connectivity index (χ1) is 24.2. The first-order valence-corrected chi connectivity index (χ1v) is 17.0. The molecule has 2 saturated heterocycles. The number of phenolic OH excluding ortho intramolecular Hbond substituents is 1. The molecule has 10 heteroatoms. The number of aromatic nitrogens is 1. The van der Waals surface area contributed by atoms with Crippen LogP contribution in [0.2, 0.25) is 5.02 Å². The number of fused-ring (bicyclic) bond motifs is 5. The molecule has 4 aliphatic rings. The van der Waals surface area contributed by atoms with Crippen LogP contribution < -0.4 is 9.80 Å². The Morgan fingerprint density at radius 1 is 0.820 bits per heavy atom. The van der Waals surface area contributed by atoms with Crippen LogP contribution in [0.5, 0.6) is 5.75 Å². The highest BCUT2D eigenvalue weighted by atomic mass is 35.5. The van der Waals surface area contributed by atoms with E-state index in [0.717, 1.165) is 11.1 Å². The van der Waals surface area contributed by atoms with Gasteiger partial charge in [-0.15, -0.1) is 0 Å². The van der Waals surface area contributed by atoms with Gasteiger partial charge in [0, 0.05) is 16.5 Å². The molecule has 1 aromatic heterocycles. The van der Waals surface area contributed by atoms with Crippen LogP contribution in [0, 0.1) is 29.1 Å². The lowest BCUT2D eigenvalue weighted by Crippen LogP contribution is -2.49. The number of phenols is 1. The monoisotopic (exact) mass is 683 g/mol. The minimum absolute atomic E-state index is 0.0282. The van der Waals surface area contributed by atoms with Crippen molar-refractivity contribution in [2.75, 3.05) is 9.80 Å². The lowest BCUT2D eigenvalue weighted by Gasteiger charge is -2.49. The van der Waals surface area contributed by atoms with Gasteiger partial charge in [0.25, 0.3) is 0 Å². The van der Waals surface area contributed by atoms with Crippen molar-refractivity contribution in [2.24, 2.45) is 29.1 Å². The second-order valence-electron chi connectivity index (χ2n) is 13.7. The number of benzene rings is 4. The number of hydrogen-bond donors (Lipinski definition) is 1. The lowest BCUT2D eigenvalue weighted by atomic mass is 9.51. The van der Waals surface area contributed by atoms with Crippen LogP contribution in [0.15, 0.2) is 113 Å². The molecule has 0 radical (unpaired) electrons. The smallest absolute Gasteiger partial charge is 0.241 e. The highest BCUT2D eigenvalue weighted by Gasteiger charge is 2.67. The molecule has 1 N–H and O–H groups in total. The maximum absolute atomic E-state index is 14.5. The number of anilines is 2. The fraction of sp³-hybridized carbons (Fsp3) is 0.225. The summed E-state index contributed by atoms with van der Waals surface area (Å²) in [6.45, 7) is 1.81. The van der Waals surface area contributed by atoms with Crippen molar-refractivity contribution in [1.82, 2.24) is 4.98 Å². The molecular formula is C40H30ClN3O6. The van der Waals surface area contributed by atoms with E-state index in [1.165, 1.54) is 21.9 Å². The van der Waals surface area contributed by atoms with E-state index in [1.807, 2.05) is 43.3 Å². The highest BCUT2D eigenvalue weighted by molar-refractivity contribution is 6.32. The molecule has 50 heavy (non-hydrogen) atoms. The zero-order valence-corrected chi connectivity index (χ0v) is 27.6. The normalized spacial score (nSPS) is 27.4. The van der Waals surface area contributed by atoms with Gasteiger partial charge in [-0.1, -0.05) is 59.6 Å². The summed E-state index contributed by atoms with van der Waals surface area (Å²) >= 11 is 6.79. The van der Waals surface area contributed by atoms with Crippen molar-refractivity contribution >= 4 is 57.7 Å². The van der Waals surface area contributed by atoms with Crippen molar-refractivity contribution in [2.45, 2.75) is 25.7 Å². The van der Waals surface area contributed by atoms with E-state index in [2.05, 4.69) is 4.98 Å². The number of carbonyl (C=O) groups is 4. The van der Waals surface area contributed by atoms with E-state index in [-0.39, 0.29) is 40.8 Å². The molecule has 0 bridgehead atoms. The van der Waals surface area contributed by atoms with Gasteiger partial charge in [-0.05, 0) is 91.9 Å². The van der Waals surface area contributed by atoms with Crippen molar-refractivity contribution in [3.05, 3.63) is 119 Å². The molecular weight excluding hydrogens is 654 g/mol. The topological polar surface area (TPSA) is 121 Å². The Morgan fingerprint density at radius 2 is 1.54 bits per heavy atom. The van der Waals surface area contributed by atoms with E-state index in [4.69, 9.17) is 16.0 Å². The Kier molecular flexibility index (Phi) is 6.70. The number of allylic oxidation sites excluding steroid dienone is 2. The predicted octanol–water partition coefficient (Wildman–Crippen LogP) is 7.29. The van der Waals surface area contributed by atoms with E-state index in [9.17, 15) is 24.3 Å². The van der Waals surface area contributed by atoms with E-state index in [1.54, 1.807) is 54.6 Å². The zero-order chi connectivity index (χ0) is 34.5. The van der Waals surface area contributed by atoms with Crippen LogP contribution in [0.1, 0.15) is 31.2 Å². The van der Waals surface area contributed by atoms with Crippen LogP contribution in [-0.4, -0.2) is 33.7 Å². The summed E-state index contributed by atoms with van der Waals surface area (Å²) in [5.41, 5.74) is 3.20. The van der Waals surface area contributed by atoms with Crippen LogP contribution in [0.25, 0.3) is 22.6 Å². The Bertz CT molecular complexity index is 2270. The number of oxazole rings is 1. The van der Waals surface area contributed by atoms with Crippen molar-refractivity contribution in [1.29, 1.82) is 0 Å². The zero-order valence-electron chi connectivity index (χ0n) is 26.8. The minimum atomic E-state index is -1.23. The fourth-order valence-electron chi connectivity index (χ4n) is 8.94. The van der Waals surface area contributed by atoms with Gasteiger partial charge in [0.1, 0.15) is 11.3 Å². The molecule has 0 spiro atoms. The Morgan fingerprint density at radius 3 is 2.28 bits per heavy atom. The van der Waals surface area contributed by atoms with Crippen LogP contribution in [-0.2, 0) is 19.2 Å². The maximum Gasteiger partial charge on any atom is 0.241 e. The van der Waals surface area contributed by atoms with Gasteiger partial charge in [0.2, 0.25) is 29.5 Å². The van der Waals surface area contributed by atoms with Gasteiger partial charge in [0.05, 0.1) is 34.5 Å². The first-order valence-electron chi connectivity index (χ1n) is 16.6. The average Bonchev–Trinajstić information content (AvgIpc) is 3.73. The van der Waals surface area contributed by atoms with Gasteiger partial charge in [-0.25, -0.2) is 9.88 Å². The second kappa shape index (κ2) is 11.0. The number of aromatic hydroxyl groups is 1. The molecule has 5 aromatic rings. The predicted molar refractivity (Wildman–Crippen MR) is 186 cm³/mol. The molecule has 6 atom stereocenters. The minimum Gasteiger partial charge on any atom is -0.508 e. The van der Waals surface area contributed by atoms with Gasteiger partial charge >= 0.3 is 0 Å². The average molecular weight is 684 g/mol. The SMILES string of the molecule is CC12C(=O)N(c3ccccc3)C(=O)C1CC1C(=CCC3C(=O)N(c4ccc(-c5nc6ccccc6o5)cc4)C(=O)C31)C2c1ccc(O)cc1Cl. The quantitative estimate of drug-likeness (QED) is 0.156. The molecule has 3 fully saturated rings. The number of para-hydroxylation sites is 3. The summed E-state index contributed by atoms with van der Waals surface area (Å²) in [5.74, 6) is -4.19. The number of imide groups is 2. The third-order valence-electron chi connectivity index (χ3n) is 11.3. The van der Waals surface area contributed by atoms with E-state index < -0.39 is 35.0 Å². The second-order valence-corrected chi connectivity index (χ2v) is 14.2. The number of carbonyl (C=O) groups excluding carboxylic acids is 4. The summed E-state index contributed by atoms with van der Waals surface area (Å²) in [5, 5.41) is 10.5. The summed E-state index contributed by atoms with van der Waals surface area (Å²) in [4.78, 5) is 64.4. The van der Waals surface area contributed by atoms with Crippen LogP contribution in [0.4, 0.5) is 11.4 Å². The largest absolute Gasteiger partial charge is 0.508 e. The molecule has 1 saturated carbocycles. The van der Waals surface area contributed by atoms with E-state index >= 15 is 0 Å². The van der Waals surface area contributed by atoms with E-state index in [0.29, 0.717) is 40.4 Å². The molecule has 6 unspecified atom stereocenters. The van der Waals surface area contributed by atoms with Gasteiger partial charge < -0.3 is 9.52 Å². The Labute approximate surface area is 291 Å². The lowest BCUT2D eigenvalue weighted by molar-refractivity contribution is -0.131. The molecule has 4 amide bonds. The number of amides is 4. The molecule has 9 nitrogen and oxygen atoms in total. The number of rotatable bonds is 4. The summed E-state index contributed by atoms with van der Waals surface area (Å²) in [7, 11) is 0. The fourth-order valence-corrected chi connectivity index (χ4v) is 9.22. The molecule has 3 heterocycles. The molecule has 2 aliphatic carbocycles.